The first kappa shape index (κ1) is 14.5. The first-order valence-corrected chi connectivity index (χ1v) is 7.68. The van der Waals surface area contributed by atoms with Crippen molar-refractivity contribution in [3.05, 3.63) is 17.4 Å². The van der Waals surface area contributed by atoms with E-state index in [1.807, 2.05) is 0 Å². The van der Waals surface area contributed by atoms with Crippen LogP contribution >= 0.6 is 11.6 Å². The molecule has 0 spiro atoms. The van der Waals surface area contributed by atoms with E-state index in [2.05, 4.69) is 20.2 Å². The highest BCUT2D eigenvalue weighted by Gasteiger charge is 2.37. The highest BCUT2D eigenvalue weighted by atomic mass is 35.5. The minimum atomic E-state index is -0.743. The van der Waals surface area contributed by atoms with Crippen LogP contribution in [0.4, 0.5) is 5.95 Å². The third kappa shape index (κ3) is 4.04. The molecule has 0 atom stereocenters. The summed E-state index contributed by atoms with van der Waals surface area (Å²) in [7, 11) is 0. The fourth-order valence-electron chi connectivity index (χ4n) is 2.72. The van der Waals surface area contributed by atoms with Crippen molar-refractivity contribution in [2.24, 2.45) is 5.92 Å². The van der Waals surface area contributed by atoms with Crippen molar-refractivity contribution in [3.63, 3.8) is 0 Å². The van der Waals surface area contributed by atoms with Crippen molar-refractivity contribution in [2.45, 2.75) is 37.8 Å². The number of nitrogens with one attached hydrogen (secondary N) is 1. The van der Waals surface area contributed by atoms with Crippen LogP contribution in [0, 0.1) is 5.92 Å². The molecule has 2 aliphatic carbocycles. The Balaban J connectivity index is 1.48. The molecule has 2 N–H and O–H groups in total. The summed E-state index contributed by atoms with van der Waals surface area (Å²) in [6.07, 6.45) is 7.48. The second kappa shape index (κ2) is 6.15. The van der Waals surface area contributed by atoms with E-state index in [0.29, 0.717) is 29.0 Å². The Morgan fingerprint density at radius 2 is 2.05 bits per heavy atom. The van der Waals surface area contributed by atoms with Gasteiger partial charge in [-0.1, -0.05) is 11.6 Å². The van der Waals surface area contributed by atoms with Crippen LogP contribution < -0.4 is 5.32 Å². The maximum absolute atomic E-state index is 11.0. The number of hydrogen-bond acceptors (Lipinski definition) is 5. The molecular weight excluding hydrogens is 292 g/mol. The first-order chi connectivity index (χ1) is 10.1. The topological polar surface area (TPSA) is 78.4 Å². The molecule has 3 rings (SSSR count). The van der Waals surface area contributed by atoms with Crippen LogP contribution in [-0.2, 0) is 4.79 Å². The third-order valence-corrected chi connectivity index (χ3v) is 4.31. The smallest absolute Gasteiger partial charge is 0.317 e. The van der Waals surface area contributed by atoms with Gasteiger partial charge in [0.05, 0.1) is 24.0 Å². The molecule has 2 fully saturated rings. The SMILES string of the molecule is O=C(O)CN(CC1CC1)C1CC(Nc2ncc(Cl)cn2)C1. The quantitative estimate of drug-likeness (QED) is 0.800. The average Bonchev–Trinajstić information content (AvgIpc) is 3.18. The van der Waals surface area contributed by atoms with Gasteiger partial charge in [0, 0.05) is 18.6 Å². The van der Waals surface area contributed by atoms with Crippen LogP contribution in [0.5, 0.6) is 0 Å². The van der Waals surface area contributed by atoms with Crippen LogP contribution in [-0.4, -0.2) is 51.1 Å². The number of aliphatic carboxylic acids is 1. The number of carboxylic acid groups (broad SMARTS) is 1. The molecule has 2 aliphatic rings. The molecule has 7 heteroatoms. The Hall–Kier alpha value is -1.40. The van der Waals surface area contributed by atoms with Crippen molar-refractivity contribution in [1.29, 1.82) is 0 Å². The lowest BCUT2D eigenvalue weighted by Crippen LogP contribution is -2.52. The molecule has 0 aromatic carbocycles. The Bertz CT molecular complexity index is 500. The zero-order valence-electron chi connectivity index (χ0n) is 11.7. The number of rotatable bonds is 7. The normalized spacial score (nSPS) is 24.7. The van der Waals surface area contributed by atoms with E-state index in [-0.39, 0.29) is 6.54 Å². The number of hydrogen-bond donors (Lipinski definition) is 2. The minimum Gasteiger partial charge on any atom is -0.480 e. The maximum atomic E-state index is 11.0. The molecular formula is C14H19ClN4O2. The van der Waals surface area contributed by atoms with Crippen LogP contribution in [0.3, 0.4) is 0 Å². The summed E-state index contributed by atoms with van der Waals surface area (Å²) in [5, 5.41) is 12.8. The van der Waals surface area contributed by atoms with Gasteiger partial charge in [-0.15, -0.1) is 0 Å². The second-order valence-corrected chi connectivity index (χ2v) is 6.39. The lowest BCUT2D eigenvalue weighted by atomic mass is 9.85. The van der Waals surface area contributed by atoms with Crippen molar-refractivity contribution in [2.75, 3.05) is 18.4 Å². The van der Waals surface area contributed by atoms with Gasteiger partial charge in [-0.25, -0.2) is 9.97 Å². The summed E-state index contributed by atoms with van der Waals surface area (Å²) >= 11 is 5.75. The molecule has 114 valence electrons. The van der Waals surface area contributed by atoms with E-state index in [9.17, 15) is 4.79 Å². The van der Waals surface area contributed by atoms with E-state index >= 15 is 0 Å². The van der Waals surface area contributed by atoms with Crippen molar-refractivity contribution < 1.29 is 9.90 Å². The molecule has 0 bridgehead atoms. The molecule has 1 aromatic heterocycles. The Labute approximate surface area is 128 Å². The zero-order valence-corrected chi connectivity index (χ0v) is 12.5. The zero-order chi connectivity index (χ0) is 14.8. The van der Waals surface area contributed by atoms with Gasteiger partial charge in [0.2, 0.25) is 5.95 Å². The van der Waals surface area contributed by atoms with Gasteiger partial charge in [0.25, 0.3) is 0 Å². The maximum Gasteiger partial charge on any atom is 0.317 e. The molecule has 0 radical (unpaired) electrons. The van der Waals surface area contributed by atoms with E-state index in [1.54, 1.807) is 12.4 Å². The van der Waals surface area contributed by atoms with Gasteiger partial charge in [0.1, 0.15) is 0 Å². The van der Waals surface area contributed by atoms with Crippen LogP contribution in [0.1, 0.15) is 25.7 Å². The standard InChI is InChI=1S/C14H19ClN4O2/c15-10-5-16-14(17-6-10)18-11-3-12(4-11)19(8-13(20)21)7-9-1-2-9/h5-6,9,11-12H,1-4,7-8H2,(H,20,21)(H,16,17,18). The Morgan fingerprint density at radius 1 is 1.38 bits per heavy atom. The monoisotopic (exact) mass is 310 g/mol. The van der Waals surface area contributed by atoms with Crippen molar-refractivity contribution in [1.82, 2.24) is 14.9 Å². The Morgan fingerprint density at radius 3 is 2.62 bits per heavy atom. The summed E-state index contributed by atoms with van der Waals surface area (Å²) < 4.78 is 0. The highest BCUT2D eigenvalue weighted by Crippen LogP contribution is 2.34. The fourth-order valence-corrected chi connectivity index (χ4v) is 2.82. The van der Waals surface area contributed by atoms with Gasteiger partial charge in [0.15, 0.2) is 0 Å². The highest BCUT2D eigenvalue weighted by molar-refractivity contribution is 6.30. The van der Waals surface area contributed by atoms with Crippen LogP contribution in [0.15, 0.2) is 12.4 Å². The summed E-state index contributed by atoms with van der Waals surface area (Å²) in [5.41, 5.74) is 0. The fraction of sp³-hybridized carbons (Fsp3) is 0.643. The van der Waals surface area contributed by atoms with E-state index in [0.717, 1.165) is 19.4 Å². The summed E-state index contributed by atoms with van der Waals surface area (Å²) in [4.78, 5) is 21.3. The molecule has 0 aliphatic heterocycles. The molecule has 0 saturated heterocycles. The minimum absolute atomic E-state index is 0.144. The number of nitrogens with zero attached hydrogens (tertiary/aromatic N) is 3. The molecule has 0 amide bonds. The number of anilines is 1. The molecule has 1 aromatic rings. The molecule has 21 heavy (non-hydrogen) atoms. The number of carboxylic acids is 1. The number of aromatic nitrogens is 2. The largest absolute Gasteiger partial charge is 0.480 e. The van der Waals surface area contributed by atoms with E-state index < -0.39 is 5.97 Å². The van der Waals surface area contributed by atoms with Crippen LogP contribution in [0.2, 0.25) is 5.02 Å². The lowest BCUT2D eigenvalue weighted by molar-refractivity contribution is -0.139. The van der Waals surface area contributed by atoms with E-state index in [4.69, 9.17) is 16.7 Å². The van der Waals surface area contributed by atoms with Gasteiger partial charge >= 0.3 is 5.97 Å². The van der Waals surface area contributed by atoms with Crippen LogP contribution in [0.25, 0.3) is 0 Å². The average molecular weight is 311 g/mol. The first-order valence-electron chi connectivity index (χ1n) is 7.30. The van der Waals surface area contributed by atoms with Gasteiger partial charge in [-0.2, -0.15) is 0 Å². The van der Waals surface area contributed by atoms with Crippen molar-refractivity contribution >= 4 is 23.5 Å². The predicted octanol–water partition coefficient (Wildman–Crippen LogP) is 1.87. The predicted molar refractivity (Wildman–Crippen MR) is 79.4 cm³/mol. The molecule has 1 heterocycles. The molecule has 2 saturated carbocycles. The molecule has 0 unspecified atom stereocenters. The van der Waals surface area contributed by atoms with Gasteiger partial charge in [-0.3, -0.25) is 9.69 Å². The molecule has 6 nitrogen and oxygen atoms in total. The lowest BCUT2D eigenvalue weighted by Gasteiger charge is -2.42. The van der Waals surface area contributed by atoms with E-state index in [1.165, 1.54) is 12.8 Å². The van der Waals surface area contributed by atoms with Gasteiger partial charge < -0.3 is 10.4 Å². The van der Waals surface area contributed by atoms with Crippen molar-refractivity contribution in [3.8, 4) is 0 Å². The summed E-state index contributed by atoms with van der Waals surface area (Å²) in [5.74, 6) is 0.541. The third-order valence-electron chi connectivity index (χ3n) is 4.11. The Kier molecular flexibility index (Phi) is 4.26. The summed E-state index contributed by atoms with van der Waals surface area (Å²) in [6.45, 7) is 1.06. The number of carbonyl (C=O) groups is 1. The number of halogens is 1. The van der Waals surface area contributed by atoms with Gasteiger partial charge in [-0.05, 0) is 31.6 Å². The second-order valence-electron chi connectivity index (χ2n) is 5.96. The summed E-state index contributed by atoms with van der Waals surface area (Å²) in [6, 6.07) is 0.665.